The van der Waals surface area contributed by atoms with E-state index in [0.717, 1.165) is 24.8 Å². The summed E-state index contributed by atoms with van der Waals surface area (Å²) in [5.74, 6) is 0.148. The van der Waals surface area contributed by atoms with Crippen LogP contribution in [0.3, 0.4) is 0 Å². The number of ketones is 1. The highest BCUT2D eigenvalue weighted by Gasteiger charge is 2.18. The predicted octanol–water partition coefficient (Wildman–Crippen LogP) is 2.08. The number of benzene rings is 1. The van der Waals surface area contributed by atoms with Crippen molar-refractivity contribution in [3.8, 4) is 5.75 Å². The second-order valence-corrected chi connectivity index (χ2v) is 3.51. The lowest BCUT2D eigenvalue weighted by Gasteiger charge is -2.06. The quantitative estimate of drug-likeness (QED) is 0.665. The molecule has 1 N–H and O–H groups in total. The van der Waals surface area contributed by atoms with Gasteiger partial charge in [-0.15, -0.1) is 0 Å². The molecule has 2 rings (SSSR count). The average Bonchev–Trinajstić information content (AvgIpc) is 2.52. The van der Waals surface area contributed by atoms with Gasteiger partial charge in [-0.05, 0) is 43.4 Å². The standard InChI is InChI=1S/C11H12O2/c1-7(12)9-6-5-8-3-2-4-10(8)11(9)13/h5-6,13H,2-4H2,1H3. The molecule has 1 aromatic carbocycles. The van der Waals surface area contributed by atoms with Crippen LogP contribution in [0.15, 0.2) is 12.1 Å². The Morgan fingerprint density at radius 1 is 1.38 bits per heavy atom. The number of phenolic OH excluding ortho intramolecular Hbond substituents is 1. The van der Waals surface area contributed by atoms with Crippen LogP contribution in [0.4, 0.5) is 0 Å². The minimum atomic E-state index is -0.0628. The molecule has 2 nitrogen and oxygen atoms in total. The largest absolute Gasteiger partial charge is 0.507 e. The number of carbonyl (C=O) groups excluding carboxylic acids is 1. The van der Waals surface area contributed by atoms with Crippen molar-refractivity contribution < 1.29 is 9.90 Å². The molecule has 1 aromatic rings. The van der Waals surface area contributed by atoms with Gasteiger partial charge in [0.1, 0.15) is 5.75 Å². The van der Waals surface area contributed by atoms with Gasteiger partial charge in [0, 0.05) is 0 Å². The van der Waals surface area contributed by atoms with Crippen LogP contribution in [0.1, 0.15) is 34.8 Å². The van der Waals surface area contributed by atoms with E-state index in [1.54, 1.807) is 6.07 Å². The van der Waals surface area contributed by atoms with Gasteiger partial charge in [0.05, 0.1) is 5.56 Å². The minimum absolute atomic E-state index is 0.0628. The zero-order chi connectivity index (χ0) is 9.42. The maximum Gasteiger partial charge on any atom is 0.163 e. The molecule has 0 atom stereocenters. The van der Waals surface area contributed by atoms with E-state index in [-0.39, 0.29) is 11.5 Å². The maximum atomic E-state index is 11.1. The van der Waals surface area contributed by atoms with Gasteiger partial charge in [0.2, 0.25) is 0 Å². The van der Waals surface area contributed by atoms with Crippen molar-refractivity contribution in [3.05, 3.63) is 28.8 Å². The van der Waals surface area contributed by atoms with E-state index in [0.29, 0.717) is 5.56 Å². The third-order valence-corrected chi connectivity index (χ3v) is 2.63. The van der Waals surface area contributed by atoms with E-state index in [4.69, 9.17) is 0 Å². The second kappa shape index (κ2) is 2.87. The second-order valence-electron chi connectivity index (χ2n) is 3.51. The highest BCUT2D eigenvalue weighted by molar-refractivity contribution is 5.97. The fourth-order valence-corrected chi connectivity index (χ4v) is 1.93. The Hall–Kier alpha value is -1.31. The summed E-state index contributed by atoms with van der Waals surface area (Å²) in [5, 5.41) is 9.76. The molecule has 0 aliphatic heterocycles. The molecular weight excluding hydrogens is 164 g/mol. The van der Waals surface area contributed by atoms with Gasteiger partial charge in [-0.25, -0.2) is 0 Å². The number of hydrogen-bond acceptors (Lipinski definition) is 2. The molecule has 68 valence electrons. The molecule has 0 spiro atoms. The Kier molecular flexibility index (Phi) is 1.83. The predicted molar refractivity (Wildman–Crippen MR) is 50.1 cm³/mol. The van der Waals surface area contributed by atoms with Gasteiger partial charge in [0.25, 0.3) is 0 Å². The first kappa shape index (κ1) is 8.30. The van der Waals surface area contributed by atoms with Gasteiger partial charge in [-0.2, -0.15) is 0 Å². The lowest BCUT2D eigenvalue weighted by atomic mass is 10.0. The Bertz CT molecular complexity index is 367. The topological polar surface area (TPSA) is 37.3 Å². The number of aromatic hydroxyl groups is 1. The summed E-state index contributed by atoms with van der Waals surface area (Å²) >= 11 is 0. The molecule has 0 amide bonds. The van der Waals surface area contributed by atoms with Crippen LogP contribution >= 0.6 is 0 Å². The molecule has 0 aromatic heterocycles. The number of fused-ring (bicyclic) bond motifs is 1. The lowest BCUT2D eigenvalue weighted by molar-refractivity contribution is 0.101. The summed E-state index contributed by atoms with van der Waals surface area (Å²) in [6, 6.07) is 3.68. The molecule has 2 heteroatoms. The first-order valence-electron chi connectivity index (χ1n) is 4.55. The van der Waals surface area contributed by atoms with Gasteiger partial charge < -0.3 is 5.11 Å². The van der Waals surface area contributed by atoms with Crippen LogP contribution in [-0.2, 0) is 12.8 Å². The Balaban J connectivity index is 2.59. The maximum absolute atomic E-state index is 11.1. The van der Waals surface area contributed by atoms with E-state index < -0.39 is 0 Å². The summed E-state index contributed by atoms with van der Waals surface area (Å²) < 4.78 is 0. The number of rotatable bonds is 1. The SMILES string of the molecule is CC(=O)c1ccc2c(c1O)CCC2. The lowest BCUT2D eigenvalue weighted by Crippen LogP contribution is -1.95. The average molecular weight is 176 g/mol. The Morgan fingerprint density at radius 2 is 2.15 bits per heavy atom. The summed E-state index contributed by atoms with van der Waals surface area (Å²) in [7, 11) is 0. The van der Waals surface area contributed by atoms with Crippen molar-refractivity contribution in [2.75, 3.05) is 0 Å². The first-order chi connectivity index (χ1) is 6.20. The molecule has 1 aliphatic carbocycles. The molecule has 0 unspecified atom stereocenters. The number of hydrogen-bond donors (Lipinski definition) is 1. The van der Waals surface area contributed by atoms with Crippen molar-refractivity contribution in [3.63, 3.8) is 0 Å². The number of aryl methyl sites for hydroxylation is 1. The molecule has 0 saturated carbocycles. The van der Waals surface area contributed by atoms with E-state index in [9.17, 15) is 9.90 Å². The number of Topliss-reactive ketones (excluding diaryl/α,β-unsaturated/α-hetero) is 1. The van der Waals surface area contributed by atoms with Gasteiger partial charge >= 0.3 is 0 Å². The highest BCUT2D eigenvalue weighted by atomic mass is 16.3. The van der Waals surface area contributed by atoms with Crippen molar-refractivity contribution in [1.82, 2.24) is 0 Å². The smallest absolute Gasteiger partial charge is 0.163 e. The summed E-state index contributed by atoms with van der Waals surface area (Å²) in [4.78, 5) is 11.1. The first-order valence-corrected chi connectivity index (χ1v) is 4.55. The molecular formula is C11H12O2. The minimum Gasteiger partial charge on any atom is -0.507 e. The molecule has 1 aliphatic rings. The zero-order valence-electron chi connectivity index (χ0n) is 7.63. The van der Waals surface area contributed by atoms with Gasteiger partial charge in [0.15, 0.2) is 5.78 Å². The highest BCUT2D eigenvalue weighted by Crippen LogP contribution is 2.32. The van der Waals surface area contributed by atoms with Crippen LogP contribution in [0.25, 0.3) is 0 Å². The van der Waals surface area contributed by atoms with Crippen LogP contribution in [0.2, 0.25) is 0 Å². The number of carbonyl (C=O) groups is 1. The van der Waals surface area contributed by atoms with Gasteiger partial charge in [-0.3, -0.25) is 4.79 Å². The summed E-state index contributed by atoms with van der Waals surface area (Å²) in [5.41, 5.74) is 2.64. The van der Waals surface area contributed by atoms with Gasteiger partial charge in [-0.1, -0.05) is 6.07 Å². The van der Waals surface area contributed by atoms with Crippen molar-refractivity contribution >= 4 is 5.78 Å². The van der Waals surface area contributed by atoms with Crippen molar-refractivity contribution in [1.29, 1.82) is 0 Å². The van der Waals surface area contributed by atoms with E-state index in [2.05, 4.69) is 0 Å². The number of phenols is 1. The van der Waals surface area contributed by atoms with Crippen LogP contribution in [0.5, 0.6) is 5.75 Å². The zero-order valence-corrected chi connectivity index (χ0v) is 7.63. The molecule has 0 fully saturated rings. The van der Waals surface area contributed by atoms with Crippen molar-refractivity contribution in [2.45, 2.75) is 26.2 Å². The Morgan fingerprint density at radius 3 is 2.85 bits per heavy atom. The van der Waals surface area contributed by atoms with E-state index in [1.165, 1.54) is 12.5 Å². The molecule has 0 heterocycles. The van der Waals surface area contributed by atoms with E-state index in [1.807, 2.05) is 6.07 Å². The third-order valence-electron chi connectivity index (χ3n) is 2.63. The fourth-order valence-electron chi connectivity index (χ4n) is 1.93. The van der Waals surface area contributed by atoms with Crippen LogP contribution in [0, 0.1) is 0 Å². The molecule has 0 saturated heterocycles. The van der Waals surface area contributed by atoms with Crippen LogP contribution < -0.4 is 0 Å². The normalized spacial score (nSPS) is 14.2. The summed E-state index contributed by atoms with van der Waals surface area (Å²) in [6.45, 7) is 1.48. The Labute approximate surface area is 77.2 Å². The molecule has 0 bridgehead atoms. The summed E-state index contributed by atoms with van der Waals surface area (Å²) in [6.07, 6.45) is 3.02. The molecule has 13 heavy (non-hydrogen) atoms. The fraction of sp³-hybridized carbons (Fsp3) is 0.364. The van der Waals surface area contributed by atoms with Crippen LogP contribution in [-0.4, -0.2) is 10.9 Å². The molecule has 0 radical (unpaired) electrons. The third kappa shape index (κ3) is 1.22. The monoisotopic (exact) mass is 176 g/mol. The van der Waals surface area contributed by atoms with E-state index >= 15 is 0 Å². The van der Waals surface area contributed by atoms with Crippen molar-refractivity contribution in [2.24, 2.45) is 0 Å².